The maximum atomic E-state index is 10.9. The molecule has 0 unspecified atom stereocenters. The molecule has 0 aliphatic carbocycles. The average molecular weight is 270 g/mol. The maximum Gasteiger partial charge on any atom is 0.337 e. The second-order valence-electron chi connectivity index (χ2n) is 5.01. The fourth-order valence-corrected chi connectivity index (χ4v) is 2.24. The van der Waals surface area contributed by atoms with Crippen LogP contribution in [-0.2, 0) is 6.54 Å². The average Bonchev–Trinajstić information content (AvgIpc) is 2.38. The van der Waals surface area contributed by atoms with E-state index < -0.39 is 5.97 Å². The zero-order valence-electron chi connectivity index (χ0n) is 11.9. The van der Waals surface area contributed by atoms with E-state index in [1.807, 2.05) is 24.9 Å². The van der Waals surface area contributed by atoms with Gasteiger partial charge in [0, 0.05) is 19.8 Å². The molecule has 1 aromatic heterocycles. The van der Waals surface area contributed by atoms with Gasteiger partial charge in [0.1, 0.15) is 5.82 Å². The second kappa shape index (κ2) is 5.74. The van der Waals surface area contributed by atoms with Gasteiger partial charge in [-0.3, -0.25) is 0 Å². The molecule has 0 fully saturated rings. The van der Waals surface area contributed by atoms with Gasteiger partial charge in [-0.25, -0.2) is 9.78 Å². The van der Waals surface area contributed by atoms with Gasteiger partial charge in [-0.1, -0.05) is 29.8 Å². The minimum atomic E-state index is -0.950. The number of aryl methyl sites for hydroxylation is 2. The summed E-state index contributed by atoms with van der Waals surface area (Å²) < 4.78 is 0. The lowest BCUT2D eigenvalue weighted by Gasteiger charge is -2.20. The number of carboxylic acids is 1. The fraction of sp³-hybridized carbons (Fsp3) is 0.250. The molecule has 0 aliphatic heterocycles. The van der Waals surface area contributed by atoms with Crippen LogP contribution in [0.5, 0.6) is 0 Å². The van der Waals surface area contributed by atoms with Gasteiger partial charge in [-0.05, 0) is 31.0 Å². The van der Waals surface area contributed by atoms with E-state index in [0.717, 1.165) is 17.9 Å². The molecule has 2 rings (SSSR count). The highest BCUT2D eigenvalue weighted by atomic mass is 16.4. The number of anilines is 1. The molecule has 0 atom stereocenters. The zero-order chi connectivity index (χ0) is 14.7. The lowest BCUT2D eigenvalue weighted by atomic mass is 10.1. The van der Waals surface area contributed by atoms with Gasteiger partial charge in [-0.2, -0.15) is 0 Å². The highest BCUT2D eigenvalue weighted by Gasteiger charge is 2.10. The van der Waals surface area contributed by atoms with Crippen molar-refractivity contribution in [1.82, 2.24) is 4.98 Å². The number of hydrogen-bond donors (Lipinski definition) is 1. The number of benzene rings is 1. The molecule has 1 heterocycles. The molecule has 2 aromatic rings. The monoisotopic (exact) mass is 270 g/mol. The minimum absolute atomic E-state index is 0.218. The molecule has 1 aromatic carbocycles. The molecule has 104 valence electrons. The number of pyridine rings is 1. The van der Waals surface area contributed by atoms with E-state index in [9.17, 15) is 4.79 Å². The van der Waals surface area contributed by atoms with Crippen LogP contribution in [0, 0.1) is 13.8 Å². The Hall–Kier alpha value is -2.36. The summed E-state index contributed by atoms with van der Waals surface area (Å²) in [6.07, 6.45) is 1.40. The molecular weight excluding hydrogens is 252 g/mol. The van der Waals surface area contributed by atoms with Gasteiger partial charge in [0.2, 0.25) is 0 Å². The summed E-state index contributed by atoms with van der Waals surface area (Å²) in [6.45, 7) is 4.68. The van der Waals surface area contributed by atoms with Crippen molar-refractivity contribution < 1.29 is 9.90 Å². The predicted octanol–water partition coefficient (Wildman–Crippen LogP) is 3.03. The third-order valence-electron chi connectivity index (χ3n) is 3.16. The van der Waals surface area contributed by atoms with Crippen molar-refractivity contribution in [3.8, 4) is 0 Å². The van der Waals surface area contributed by atoms with Gasteiger partial charge in [0.05, 0.1) is 5.56 Å². The van der Waals surface area contributed by atoms with Crippen molar-refractivity contribution >= 4 is 11.8 Å². The number of carboxylic acid groups (broad SMARTS) is 1. The molecule has 0 radical (unpaired) electrons. The molecule has 4 nitrogen and oxygen atoms in total. The molecular formula is C16H18N2O2. The van der Waals surface area contributed by atoms with Gasteiger partial charge in [0.25, 0.3) is 0 Å². The van der Waals surface area contributed by atoms with Crippen molar-refractivity contribution in [2.45, 2.75) is 20.4 Å². The first-order valence-corrected chi connectivity index (χ1v) is 6.44. The number of aromatic carboxylic acids is 1. The molecule has 0 amide bonds. The maximum absolute atomic E-state index is 10.9. The van der Waals surface area contributed by atoms with Crippen LogP contribution in [0.1, 0.15) is 27.0 Å². The summed E-state index contributed by atoms with van der Waals surface area (Å²) in [4.78, 5) is 17.2. The van der Waals surface area contributed by atoms with Crippen LogP contribution < -0.4 is 4.90 Å². The first-order valence-electron chi connectivity index (χ1n) is 6.44. The Morgan fingerprint density at radius 2 is 2.05 bits per heavy atom. The molecule has 1 N–H and O–H groups in total. The smallest absolute Gasteiger partial charge is 0.337 e. The van der Waals surface area contributed by atoms with Crippen LogP contribution in [0.2, 0.25) is 0 Å². The Balaban J connectivity index is 2.21. The number of rotatable bonds is 4. The summed E-state index contributed by atoms with van der Waals surface area (Å²) >= 11 is 0. The van der Waals surface area contributed by atoms with Gasteiger partial charge >= 0.3 is 5.97 Å². The van der Waals surface area contributed by atoms with Gasteiger partial charge in [0.15, 0.2) is 0 Å². The van der Waals surface area contributed by atoms with Gasteiger partial charge < -0.3 is 10.0 Å². The Morgan fingerprint density at radius 1 is 1.30 bits per heavy atom. The van der Waals surface area contributed by atoms with Crippen molar-refractivity contribution in [3.05, 3.63) is 58.8 Å². The number of aromatic nitrogens is 1. The minimum Gasteiger partial charge on any atom is -0.478 e. The first-order chi connectivity index (χ1) is 9.47. The SMILES string of the molecule is Cc1cccc(CN(C)c2ncc(C(=O)O)cc2C)c1. The third kappa shape index (κ3) is 3.15. The Labute approximate surface area is 118 Å². The van der Waals surface area contributed by atoms with E-state index in [-0.39, 0.29) is 5.56 Å². The Kier molecular flexibility index (Phi) is 4.03. The summed E-state index contributed by atoms with van der Waals surface area (Å²) in [5.74, 6) is -0.148. The molecule has 0 saturated carbocycles. The van der Waals surface area contributed by atoms with Crippen LogP contribution in [0.3, 0.4) is 0 Å². The Morgan fingerprint density at radius 3 is 2.65 bits per heavy atom. The molecule has 0 spiro atoms. The third-order valence-corrected chi connectivity index (χ3v) is 3.16. The quantitative estimate of drug-likeness (QED) is 0.927. The van der Waals surface area contributed by atoms with E-state index in [2.05, 4.69) is 30.1 Å². The number of nitrogens with zero attached hydrogens (tertiary/aromatic N) is 2. The van der Waals surface area contributed by atoms with Crippen molar-refractivity contribution in [1.29, 1.82) is 0 Å². The van der Waals surface area contributed by atoms with E-state index in [1.165, 1.54) is 17.3 Å². The molecule has 0 bridgehead atoms. The molecule has 20 heavy (non-hydrogen) atoms. The van der Waals surface area contributed by atoms with Crippen LogP contribution in [0.4, 0.5) is 5.82 Å². The van der Waals surface area contributed by atoms with Crippen molar-refractivity contribution in [2.75, 3.05) is 11.9 Å². The summed E-state index contributed by atoms with van der Waals surface area (Å²) in [6, 6.07) is 9.96. The molecule has 0 aliphatic rings. The summed E-state index contributed by atoms with van der Waals surface area (Å²) in [5, 5.41) is 8.95. The Bertz CT molecular complexity index is 638. The fourth-order valence-electron chi connectivity index (χ4n) is 2.24. The summed E-state index contributed by atoms with van der Waals surface area (Å²) in [7, 11) is 1.96. The molecule has 0 saturated heterocycles. The van der Waals surface area contributed by atoms with E-state index >= 15 is 0 Å². The number of hydrogen-bond acceptors (Lipinski definition) is 3. The largest absolute Gasteiger partial charge is 0.478 e. The van der Waals surface area contributed by atoms with Gasteiger partial charge in [-0.15, -0.1) is 0 Å². The van der Waals surface area contributed by atoms with E-state index in [1.54, 1.807) is 6.07 Å². The highest BCUT2D eigenvalue weighted by molar-refractivity contribution is 5.87. The van der Waals surface area contributed by atoms with Crippen molar-refractivity contribution in [3.63, 3.8) is 0 Å². The van der Waals surface area contributed by atoms with Crippen LogP contribution >= 0.6 is 0 Å². The number of carbonyl (C=O) groups is 1. The standard InChI is InChI=1S/C16H18N2O2/c1-11-5-4-6-13(7-11)10-18(3)15-12(2)8-14(9-17-15)16(19)20/h4-9H,10H2,1-3H3,(H,19,20). The topological polar surface area (TPSA) is 53.4 Å². The van der Waals surface area contributed by atoms with Crippen molar-refractivity contribution in [2.24, 2.45) is 0 Å². The lowest BCUT2D eigenvalue weighted by molar-refractivity contribution is 0.0696. The first kappa shape index (κ1) is 14.1. The lowest BCUT2D eigenvalue weighted by Crippen LogP contribution is -2.19. The normalized spacial score (nSPS) is 10.3. The van der Waals surface area contributed by atoms with Crippen LogP contribution in [0.15, 0.2) is 36.5 Å². The van der Waals surface area contributed by atoms with E-state index in [0.29, 0.717) is 0 Å². The predicted molar refractivity (Wildman–Crippen MR) is 79.2 cm³/mol. The van der Waals surface area contributed by atoms with E-state index in [4.69, 9.17) is 5.11 Å². The second-order valence-corrected chi connectivity index (χ2v) is 5.01. The summed E-state index contributed by atoms with van der Waals surface area (Å²) in [5.41, 5.74) is 3.51. The van der Waals surface area contributed by atoms with Crippen LogP contribution in [-0.4, -0.2) is 23.1 Å². The zero-order valence-corrected chi connectivity index (χ0v) is 11.9. The highest BCUT2D eigenvalue weighted by Crippen LogP contribution is 2.19. The molecule has 4 heteroatoms. The van der Waals surface area contributed by atoms with Crippen LogP contribution in [0.25, 0.3) is 0 Å².